The molecule has 0 aromatic heterocycles. The van der Waals surface area contributed by atoms with E-state index in [1.54, 1.807) is 0 Å². The molecular weight excluding hydrogens is 782 g/mol. The molecule has 0 atom stereocenters. The van der Waals surface area contributed by atoms with E-state index in [0.29, 0.717) is 0 Å². The average Bonchev–Trinajstić information content (AvgIpc) is 3.39. The van der Waals surface area contributed by atoms with Gasteiger partial charge in [0.2, 0.25) is 6.71 Å². The molecular formula is C61H40B2N2. The van der Waals surface area contributed by atoms with Crippen LogP contribution in [0, 0.1) is 0 Å². The molecule has 0 amide bonds. The minimum atomic E-state index is -0.648. The van der Waals surface area contributed by atoms with E-state index in [1.165, 1.54) is 111 Å². The maximum Gasteiger partial charge on any atom is 0.252 e. The van der Waals surface area contributed by atoms with E-state index in [9.17, 15) is 0 Å². The number of nitrogens with zero attached hydrogens (tertiary/aromatic N) is 2. The number of anilines is 6. The molecule has 0 aliphatic carbocycles. The fourth-order valence-corrected chi connectivity index (χ4v) is 12.4. The standard InChI is InChI=1S/C61H40B2N2/c1-5-22-41(23-6-1)45-30-21-31-46(42-24-7-2-8-25-42)59(45)65-55-39-20-17-36-52(55)63-51-35-16-19-38-54(51)64-53-37-18-15-34-50(53)62-49-33-14-13-32-47(49)61(43-26-9-3-10-27-43,44-28-11-4-12-29-44)48-40-56(65)58(63)60(64)57(48)62/h1-40H. The Kier molecular flexibility index (Phi) is 7.82. The third-order valence-electron chi connectivity index (χ3n) is 14.8. The first-order chi connectivity index (χ1) is 32.3. The van der Waals surface area contributed by atoms with Gasteiger partial charge in [0.25, 0.3) is 6.71 Å². The normalized spacial score (nSPS) is 14.2. The van der Waals surface area contributed by atoms with Crippen LogP contribution in [-0.2, 0) is 5.41 Å². The van der Waals surface area contributed by atoms with Crippen molar-refractivity contribution in [3.63, 3.8) is 0 Å². The van der Waals surface area contributed by atoms with Crippen LogP contribution in [0.15, 0.2) is 243 Å². The minimum Gasteiger partial charge on any atom is -0.312 e. The number of fused-ring (bicyclic) bond motifs is 10. The van der Waals surface area contributed by atoms with E-state index in [1.807, 2.05) is 0 Å². The summed E-state index contributed by atoms with van der Waals surface area (Å²) in [7, 11) is 0. The highest BCUT2D eigenvalue weighted by Gasteiger charge is 2.55. The fraction of sp³-hybridized carbons (Fsp3) is 0.0164. The van der Waals surface area contributed by atoms with Crippen LogP contribution in [-0.4, -0.2) is 13.4 Å². The maximum absolute atomic E-state index is 2.66. The zero-order valence-electron chi connectivity index (χ0n) is 35.6. The van der Waals surface area contributed by atoms with Gasteiger partial charge in [0.1, 0.15) is 0 Å². The number of benzene rings is 10. The minimum absolute atomic E-state index is 0.000181. The largest absolute Gasteiger partial charge is 0.312 e. The fourth-order valence-electron chi connectivity index (χ4n) is 12.4. The second-order valence-electron chi connectivity index (χ2n) is 17.8. The van der Waals surface area contributed by atoms with Gasteiger partial charge in [-0.1, -0.05) is 224 Å². The Hall–Kier alpha value is -8.07. The van der Waals surface area contributed by atoms with Crippen molar-refractivity contribution in [2.75, 3.05) is 9.80 Å². The molecule has 0 radical (unpaired) electrons. The molecule has 4 heteroatoms. The van der Waals surface area contributed by atoms with Gasteiger partial charge in [-0.05, 0) is 85.0 Å². The van der Waals surface area contributed by atoms with Gasteiger partial charge in [-0.25, -0.2) is 0 Å². The molecule has 10 aromatic rings. The summed E-state index contributed by atoms with van der Waals surface area (Å²) in [6.45, 7) is 0.0164. The molecule has 0 N–H and O–H groups in total. The molecule has 0 fully saturated rings. The SMILES string of the molecule is c1ccc(-c2cccc(-c3ccccc3)c2N2c3ccccc3B3c4ccccc4N4c5ccccc5B5c6ccccc6C(c6ccccc6)(c6ccccc6)c6cc2c3c4c65)cc1. The summed E-state index contributed by atoms with van der Waals surface area (Å²) in [5, 5.41) is 0. The lowest BCUT2D eigenvalue weighted by Crippen LogP contribution is -2.70. The topological polar surface area (TPSA) is 6.48 Å². The molecule has 65 heavy (non-hydrogen) atoms. The smallest absolute Gasteiger partial charge is 0.252 e. The van der Waals surface area contributed by atoms with Gasteiger partial charge in [-0.3, -0.25) is 0 Å². The molecule has 0 spiro atoms. The molecule has 10 aromatic carbocycles. The summed E-state index contributed by atoms with van der Waals surface area (Å²) >= 11 is 0. The first kappa shape index (κ1) is 36.4. The van der Waals surface area contributed by atoms with Gasteiger partial charge in [0.05, 0.1) is 11.1 Å². The molecule has 0 bridgehead atoms. The van der Waals surface area contributed by atoms with Gasteiger partial charge in [-0.2, -0.15) is 0 Å². The van der Waals surface area contributed by atoms with Gasteiger partial charge < -0.3 is 9.80 Å². The van der Waals surface area contributed by atoms with Gasteiger partial charge in [-0.15, -0.1) is 0 Å². The lowest BCUT2D eigenvalue weighted by molar-refractivity contribution is 0.751. The van der Waals surface area contributed by atoms with Crippen LogP contribution in [0.2, 0.25) is 0 Å². The Morgan fingerprint density at radius 3 is 1.20 bits per heavy atom. The van der Waals surface area contributed by atoms with Crippen molar-refractivity contribution in [1.29, 1.82) is 0 Å². The first-order valence-corrected chi connectivity index (χ1v) is 22.8. The summed E-state index contributed by atoms with van der Waals surface area (Å²) in [5.74, 6) is 0. The number of rotatable bonds is 5. The summed E-state index contributed by atoms with van der Waals surface area (Å²) in [6, 6.07) is 91.1. The third-order valence-corrected chi connectivity index (χ3v) is 14.8. The Balaban J connectivity index is 1.22. The van der Waals surface area contributed by atoms with E-state index in [2.05, 4.69) is 252 Å². The highest BCUT2D eigenvalue weighted by Crippen LogP contribution is 2.54. The van der Waals surface area contributed by atoms with Crippen molar-refractivity contribution >= 4 is 80.3 Å². The third kappa shape index (κ3) is 4.91. The summed E-state index contributed by atoms with van der Waals surface area (Å²) in [5.41, 5.74) is 24.8. The maximum atomic E-state index is 2.66. The summed E-state index contributed by atoms with van der Waals surface area (Å²) in [4.78, 5) is 5.31. The molecule has 4 aliphatic heterocycles. The van der Waals surface area contributed by atoms with Crippen molar-refractivity contribution in [2.45, 2.75) is 5.41 Å². The zero-order chi connectivity index (χ0) is 42.6. The zero-order valence-corrected chi connectivity index (χ0v) is 35.6. The lowest BCUT2D eigenvalue weighted by Gasteiger charge is -2.53. The van der Waals surface area contributed by atoms with Gasteiger partial charge >= 0.3 is 0 Å². The molecule has 2 nitrogen and oxygen atoms in total. The van der Waals surface area contributed by atoms with Crippen LogP contribution in [0.5, 0.6) is 0 Å². The Morgan fingerprint density at radius 1 is 0.292 bits per heavy atom. The monoisotopic (exact) mass is 822 g/mol. The second-order valence-corrected chi connectivity index (χ2v) is 17.8. The Labute approximate surface area is 380 Å². The van der Waals surface area contributed by atoms with Crippen molar-refractivity contribution in [1.82, 2.24) is 0 Å². The number of hydrogen-bond acceptors (Lipinski definition) is 2. The first-order valence-electron chi connectivity index (χ1n) is 22.8. The van der Waals surface area contributed by atoms with E-state index in [4.69, 9.17) is 0 Å². The molecule has 4 heterocycles. The van der Waals surface area contributed by atoms with E-state index >= 15 is 0 Å². The predicted molar refractivity (Wildman–Crippen MR) is 274 cm³/mol. The van der Waals surface area contributed by atoms with Crippen LogP contribution >= 0.6 is 0 Å². The Bertz CT molecular complexity index is 3410. The summed E-state index contributed by atoms with van der Waals surface area (Å²) < 4.78 is 0. The number of para-hydroxylation sites is 4. The van der Waals surface area contributed by atoms with Crippen molar-refractivity contribution in [3.05, 3.63) is 265 Å². The van der Waals surface area contributed by atoms with E-state index in [-0.39, 0.29) is 13.4 Å². The van der Waals surface area contributed by atoms with E-state index < -0.39 is 5.41 Å². The van der Waals surface area contributed by atoms with Crippen molar-refractivity contribution in [3.8, 4) is 22.3 Å². The van der Waals surface area contributed by atoms with E-state index in [0.717, 1.165) is 0 Å². The summed E-state index contributed by atoms with van der Waals surface area (Å²) in [6.07, 6.45) is 0. The number of hydrogen-bond donors (Lipinski definition) is 0. The Morgan fingerprint density at radius 2 is 0.692 bits per heavy atom. The average molecular weight is 823 g/mol. The van der Waals surface area contributed by atoms with Crippen LogP contribution in [0.3, 0.4) is 0 Å². The van der Waals surface area contributed by atoms with Crippen molar-refractivity contribution in [2.24, 2.45) is 0 Å². The van der Waals surface area contributed by atoms with Crippen LogP contribution < -0.4 is 42.6 Å². The quantitative estimate of drug-likeness (QED) is 0.160. The molecule has 0 saturated heterocycles. The lowest BCUT2D eigenvalue weighted by atomic mass is 9.26. The van der Waals surface area contributed by atoms with Crippen LogP contribution in [0.4, 0.5) is 34.1 Å². The predicted octanol–water partition coefficient (Wildman–Crippen LogP) is 10.6. The highest BCUT2D eigenvalue weighted by molar-refractivity contribution is 7.04. The van der Waals surface area contributed by atoms with Gasteiger partial charge in [0, 0.05) is 39.6 Å². The molecule has 300 valence electrons. The molecule has 14 rings (SSSR count). The van der Waals surface area contributed by atoms with Crippen molar-refractivity contribution < 1.29 is 0 Å². The molecule has 4 aliphatic rings. The van der Waals surface area contributed by atoms with Gasteiger partial charge in [0.15, 0.2) is 0 Å². The van der Waals surface area contributed by atoms with Crippen LogP contribution in [0.1, 0.15) is 22.3 Å². The van der Waals surface area contributed by atoms with Crippen LogP contribution in [0.25, 0.3) is 22.3 Å². The molecule has 0 saturated carbocycles. The second kappa shape index (κ2) is 14.0. The molecule has 0 unspecified atom stereocenters. The highest BCUT2D eigenvalue weighted by atomic mass is 15.2.